The van der Waals surface area contributed by atoms with Crippen LogP contribution >= 0.6 is 12.4 Å². The number of nitrogens with zero attached hydrogens (tertiary/aromatic N) is 1. The molecule has 0 aromatic heterocycles. The van der Waals surface area contributed by atoms with Crippen molar-refractivity contribution in [2.75, 3.05) is 18.4 Å². The van der Waals surface area contributed by atoms with Crippen LogP contribution in [-0.4, -0.2) is 29.9 Å². The van der Waals surface area contributed by atoms with Crippen molar-refractivity contribution >= 4 is 24.0 Å². The summed E-state index contributed by atoms with van der Waals surface area (Å²) >= 11 is 0. The minimum absolute atomic E-state index is 0. The molecule has 1 atom stereocenters. The van der Waals surface area contributed by atoms with Crippen molar-refractivity contribution in [3.63, 3.8) is 0 Å². The van der Waals surface area contributed by atoms with Crippen LogP contribution in [0.1, 0.15) is 19.8 Å². The van der Waals surface area contributed by atoms with Crippen LogP contribution in [0.15, 0.2) is 30.3 Å². The average Bonchev–Trinajstić information content (AvgIpc) is 2.83. The number of benzene rings is 1. The van der Waals surface area contributed by atoms with Gasteiger partial charge in [0.15, 0.2) is 0 Å². The molecule has 17 heavy (non-hydrogen) atoms. The van der Waals surface area contributed by atoms with Crippen molar-refractivity contribution < 1.29 is 4.79 Å². The van der Waals surface area contributed by atoms with Gasteiger partial charge in [-0.1, -0.05) is 18.2 Å². The van der Waals surface area contributed by atoms with Crippen LogP contribution in [0.3, 0.4) is 0 Å². The molecule has 1 amide bonds. The molecular formula is C13H19ClN2O. The van der Waals surface area contributed by atoms with Crippen LogP contribution in [0.5, 0.6) is 0 Å². The van der Waals surface area contributed by atoms with E-state index in [1.807, 2.05) is 37.3 Å². The second-order valence-corrected chi connectivity index (χ2v) is 4.27. The number of likely N-dealkylation sites (tertiary alicyclic amines) is 1. The van der Waals surface area contributed by atoms with Crippen LogP contribution in [0.25, 0.3) is 0 Å². The Balaban J connectivity index is 0.00000144. The first-order valence-corrected chi connectivity index (χ1v) is 5.87. The SMILES string of the molecule is CC(C(=O)Nc1ccccc1)N1CCCC1.Cl. The summed E-state index contributed by atoms with van der Waals surface area (Å²) in [6.07, 6.45) is 2.42. The van der Waals surface area contributed by atoms with E-state index in [0.29, 0.717) is 0 Å². The van der Waals surface area contributed by atoms with Gasteiger partial charge < -0.3 is 5.32 Å². The minimum atomic E-state index is -0.0253. The molecule has 1 fully saturated rings. The Hall–Kier alpha value is -1.06. The summed E-state index contributed by atoms with van der Waals surface area (Å²) in [6, 6.07) is 9.59. The monoisotopic (exact) mass is 254 g/mol. The van der Waals surface area contributed by atoms with Crippen LogP contribution in [0, 0.1) is 0 Å². The molecule has 1 saturated heterocycles. The molecule has 0 saturated carbocycles. The second-order valence-electron chi connectivity index (χ2n) is 4.27. The summed E-state index contributed by atoms with van der Waals surface area (Å²) in [6.45, 7) is 4.07. The lowest BCUT2D eigenvalue weighted by atomic mass is 10.2. The Morgan fingerprint density at radius 1 is 1.24 bits per heavy atom. The van der Waals surface area contributed by atoms with Gasteiger partial charge in [0.25, 0.3) is 0 Å². The fraction of sp³-hybridized carbons (Fsp3) is 0.462. The number of carbonyl (C=O) groups excluding carboxylic acids is 1. The Bertz CT molecular complexity index is 350. The first-order chi connectivity index (χ1) is 7.77. The van der Waals surface area contributed by atoms with E-state index >= 15 is 0 Å². The molecule has 0 spiro atoms. The Kier molecular flexibility index (Phi) is 5.45. The van der Waals surface area contributed by atoms with Gasteiger partial charge in [0, 0.05) is 5.69 Å². The van der Waals surface area contributed by atoms with E-state index in [1.165, 1.54) is 12.8 Å². The number of halogens is 1. The van der Waals surface area contributed by atoms with Crippen molar-refractivity contribution in [1.29, 1.82) is 0 Å². The Labute approximate surface area is 109 Å². The van der Waals surface area contributed by atoms with E-state index in [9.17, 15) is 4.79 Å². The molecule has 1 aromatic rings. The molecule has 1 aromatic carbocycles. The highest BCUT2D eigenvalue weighted by atomic mass is 35.5. The largest absolute Gasteiger partial charge is 0.325 e. The van der Waals surface area contributed by atoms with Crippen molar-refractivity contribution in [3.05, 3.63) is 30.3 Å². The number of rotatable bonds is 3. The minimum Gasteiger partial charge on any atom is -0.325 e. The van der Waals surface area contributed by atoms with Crippen molar-refractivity contribution in [2.45, 2.75) is 25.8 Å². The third-order valence-corrected chi connectivity index (χ3v) is 3.11. The molecule has 1 unspecified atom stereocenters. The maximum atomic E-state index is 11.9. The van der Waals surface area contributed by atoms with E-state index in [2.05, 4.69) is 10.2 Å². The first kappa shape index (κ1) is 14.0. The van der Waals surface area contributed by atoms with Gasteiger partial charge in [-0.25, -0.2) is 0 Å². The van der Waals surface area contributed by atoms with Gasteiger partial charge in [-0.15, -0.1) is 12.4 Å². The third-order valence-electron chi connectivity index (χ3n) is 3.11. The highest BCUT2D eigenvalue weighted by Crippen LogP contribution is 2.13. The van der Waals surface area contributed by atoms with Crippen LogP contribution in [0.2, 0.25) is 0 Å². The molecule has 3 nitrogen and oxygen atoms in total. The topological polar surface area (TPSA) is 32.3 Å². The number of carbonyl (C=O) groups is 1. The number of amides is 1. The smallest absolute Gasteiger partial charge is 0.241 e. The summed E-state index contributed by atoms with van der Waals surface area (Å²) in [5.74, 6) is 0.0908. The predicted molar refractivity (Wildman–Crippen MR) is 72.6 cm³/mol. The molecule has 1 aliphatic heterocycles. The molecule has 94 valence electrons. The fourth-order valence-corrected chi connectivity index (χ4v) is 2.06. The number of hydrogen-bond donors (Lipinski definition) is 1. The summed E-state index contributed by atoms with van der Waals surface area (Å²) < 4.78 is 0. The zero-order valence-electron chi connectivity index (χ0n) is 10.1. The zero-order chi connectivity index (χ0) is 11.4. The zero-order valence-corrected chi connectivity index (χ0v) is 10.9. The average molecular weight is 255 g/mol. The first-order valence-electron chi connectivity index (χ1n) is 5.87. The number of anilines is 1. The van der Waals surface area contributed by atoms with E-state index in [4.69, 9.17) is 0 Å². The second kappa shape index (κ2) is 6.62. The molecule has 1 heterocycles. The van der Waals surface area contributed by atoms with Gasteiger partial charge in [0.1, 0.15) is 0 Å². The molecular weight excluding hydrogens is 236 g/mol. The van der Waals surface area contributed by atoms with Gasteiger partial charge in [0.05, 0.1) is 6.04 Å². The lowest BCUT2D eigenvalue weighted by molar-refractivity contribution is -0.120. The lowest BCUT2D eigenvalue weighted by Crippen LogP contribution is -2.40. The predicted octanol–water partition coefficient (Wildman–Crippen LogP) is 2.53. The molecule has 2 rings (SSSR count). The number of hydrogen-bond acceptors (Lipinski definition) is 2. The molecule has 4 heteroatoms. The quantitative estimate of drug-likeness (QED) is 0.899. The fourth-order valence-electron chi connectivity index (χ4n) is 2.06. The molecule has 1 N–H and O–H groups in total. The van der Waals surface area contributed by atoms with E-state index in [-0.39, 0.29) is 24.4 Å². The van der Waals surface area contributed by atoms with Crippen molar-refractivity contribution in [3.8, 4) is 0 Å². The molecule has 0 radical (unpaired) electrons. The summed E-state index contributed by atoms with van der Waals surface area (Å²) in [7, 11) is 0. The maximum absolute atomic E-state index is 11.9. The Morgan fingerprint density at radius 3 is 2.41 bits per heavy atom. The van der Waals surface area contributed by atoms with E-state index < -0.39 is 0 Å². The molecule has 0 aliphatic carbocycles. The van der Waals surface area contributed by atoms with Gasteiger partial charge in [0.2, 0.25) is 5.91 Å². The van der Waals surface area contributed by atoms with E-state index in [0.717, 1.165) is 18.8 Å². The van der Waals surface area contributed by atoms with Gasteiger partial charge >= 0.3 is 0 Å². The molecule has 1 aliphatic rings. The summed E-state index contributed by atoms with van der Waals surface area (Å²) in [4.78, 5) is 14.2. The van der Waals surface area contributed by atoms with Gasteiger partial charge in [-0.3, -0.25) is 9.69 Å². The maximum Gasteiger partial charge on any atom is 0.241 e. The third kappa shape index (κ3) is 3.72. The van der Waals surface area contributed by atoms with Crippen LogP contribution < -0.4 is 5.32 Å². The van der Waals surface area contributed by atoms with Gasteiger partial charge in [-0.2, -0.15) is 0 Å². The van der Waals surface area contributed by atoms with Gasteiger partial charge in [-0.05, 0) is 45.0 Å². The standard InChI is InChI=1S/C13H18N2O.ClH/c1-11(15-9-5-6-10-15)13(16)14-12-7-3-2-4-8-12;/h2-4,7-8,11H,5-6,9-10H2,1H3,(H,14,16);1H. The highest BCUT2D eigenvalue weighted by Gasteiger charge is 2.23. The molecule has 0 bridgehead atoms. The highest BCUT2D eigenvalue weighted by molar-refractivity contribution is 5.94. The number of para-hydroxylation sites is 1. The van der Waals surface area contributed by atoms with Crippen LogP contribution in [0.4, 0.5) is 5.69 Å². The number of nitrogens with one attached hydrogen (secondary N) is 1. The summed E-state index contributed by atoms with van der Waals surface area (Å²) in [5.41, 5.74) is 0.874. The lowest BCUT2D eigenvalue weighted by Gasteiger charge is -2.22. The van der Waals surface area contributed by atoms with E-state index in [1.54, 1.807) is 0 Å². The summed E-state index contributed by atoms with van der Waals surface area (Å²) in [5, 5.41) is 2.94. The Morgan fingerprint density at radius 2 is 1.82 bits per heavy atom. The van der Waals surface area contributed by atoms with Crippen molar-refractivity contribution in [1.82, 2.24) is 4.90 Å². The normalized spacial score (nSPS) is 17.2. The van der Waals surface area contributed by atoms with Crippen molar-refractivity contribution in [2.24, 2.45) is 0 Å². The van der Waals surface area contributed by atoms with Crippen LogP contribution in [-0.2, 0) is 4.79 Å².